The van der Waals surface area contributed by atoms with Crippen molar-refractivity contribution in [3.8, 4) is 0 Å². The second kappa shape index (κ2) is 3.37. The van der Waals surface area contributed by atoms with E-state index in [-0.39, 0.29) is 10.6 Å². The quantitative estimate of drug-likeness (QED) is 0.679. The van der Waals surface area contributed by atoms with E-state index < -0.39 is 17.7 Å². The zero-order valence-corrected chi connectivity index (χ0v) is 7.07. The first-order valence-corrected chi connectivity index (χ1v) is 3.73. The van der Waals surface area contributed by atoms with Gasteiger partial charge in [0.2, 0.25) is 0 Å². The molecule has 0 fully saturated rings. The normalized spacial score (nSPS) is 13.1. The number of aliphatic hydroxyl groups excluding tert-OH is 1. The van der Waals surface area contributed by atoms with Gasteiger partial charge in [0.25, 0.3) is 0 Å². The highest BCUT2D eigenvalue weighted by atomic mass is 35.5. The van der Waals surface area contributed by atoms with E-state index >= 15 is 0 Å². The molecule has 0 aliphatic carbocycles. The molecule has 0 radical (unpaired) electrons. The Morgan fingerprint density at radius 3 is 2.50 bits per heavy atom. The van der Waals surface area contributed by atoms with Crippen LogP contribution in [0.2, 0.25) is 5.02 Å². The van der Waals surface area contributed by atoms with Gasteiger partial charge in [0.05, 0.1) is 11.1 Å². The van der Waals surface area contributed by atoms with Gasteiger partial charge >= 0.3 is 0 Å². The third kappa shape index (κ3) is 1.57. The summed E-state index contributed by atoms with van der Waals surface area (Å²) in [4.78, 5) is 0. The van der Waals surface area contributed by atoms with Crippen molar-refractivity contribution in [2.45, 2.75) is 13.0 Å². The van der Waals surface area contributed by atoms with Gasteiger partial charge in [-0.3, -0.25) is 0 Å². The van der Waals surface area contributed by atoms with Crippen LogP contribution in [0.1, 0.15) is 18.6 Å². The lowest BCUT2D eigenvalue weighted by atomic mass is 10.1. The number of hydrogen-bond acceptors (Lipinski definition) is 1. The summed E-state index contributed by atoms with van der Waals surface area (Å²) in [7, 11) is 0. The SMILES string of the molecule is CC(O)c1ccc(F)c(F)c1Cl. The van der Waals surface area contributed by atoms with Crippen LogP contribution in [0.5, 0.6) is 0 Å². The molecule has 1 rings (SSSR count). The number of hydrogen-bond donors (Lipinski definition) is 1. The van der Waals surface area contributed by atoms with Crippen LogP contribution in [0, 0.1) is 11.6 Å². The Kier molecular flexibility index (Phi) is 2.65. The van der Waals surface area contributed by atoms with Crippen LogP contribution in [0.25, 0.3) is 0 Å². The predicted molar refractivity (Wildman–Crippen MR) is 42.0 cm³/mol. The van der Waals surface area contributed by atoms with Crippen LogP contribution in [0.3, 0.4) is 0 Å². The minimum atomic E-state index is -1.12. The highest BCUT2D eigenvalue weighted by molar-refractivity contribution is 6.31. The molecule has 0 spiro atoms. The Balaban J connectivity index is 3.27. The lowest BCUT2D eigenvalue weighted by Crippen LogP contribution is -1.96. The van der Waals surface area contributed by atoms with Crippen molar-refractivity contribution in [1.82, 2.24) is 0 Å². The minimum Gasteiger partial charge on any atom is -0.389 e. The summed E-state index contributed by atoms with van der Waals surface area (Å²) in [6.07, 6.45) is -0.896. The largest absolute Gasteiger partial charge is 0.389 e. The molecule has 1 aromatic rings. The van der Waals surface area contributed by atoms with Crippen molar-refractivity contribution in [3.63, 3.8) is 0 Å². The molecule has 4 heteroatoms. The molecule has 1 nitrogen and oxygen atoms in total. The summed E-state index contributed by atoms with van der Waals surface area (Å²) in [5.74, 6) is -2.13. The van der Waals surface area contributed by atoms with Crippen LogP contribution in [-0.2, 0) is 0 Å². The highest BCUT2D eigenvalue weighted by Crippen LogP contribution is 2.26. The van der Waals surface area contributed by atoms with Crippen LogP contribution in [0.15, 0.2) is 12.1 Å². The third-order valence-electron chi connectivity index (χ3n) is 1.52. The van der Waals surface area contributed by atoms with E-state index in [1.165, 1.54) is 13.0 Å². The predicted octanol–water partition coefficient (Wildman–Crippen LogP) is 2.67. The number of aliphatic hydroxyl groups is 1. The smallest absolute Gasteiger partial charge is 0.177 e. The summed E-state index contributed by atoms with van der Waals surface area (Å²) < 4.78 is 25.2. The van der Waals surface area contributed by atoms with Gasteiger partial charge in [-0.05, 0) is 13.0 Å². The van der Waals surface area contributed by atoms with Crippen molar-refractivity contribution >= 4 is 11.6 Å². The molecule has 1 aromatic carbocycles. The van der Waals surface area contributed by atoms with Gasteiger partial charge < -0.3 is 5.11 Å². The zero-order chi connectivity index (χ0) is 9.30. The maximum Gasteiger partial charge on any atom is 0.177 e. The maximum absolute atomic E-state index is 12.7. The molecular weight excluding hydrogens is 186 g/mol. The molecule has 0 amide bonds. The summed E-state index contributed by atoms with van der Waals surface area (Å²) in [6.45, 7) is 1.43. The Bertz CT molecular complexity index is 299. The molecule has 1 atom stereocenters. The average Bonchev–Trinajstić information content (AvgIpc) is 2.00. The lowest BCUT2D eigenvalue weighted by Gasteiger charge is -2.07. The fraction of sp³-hybridized carbons (Fsp3) is 0.250. The average molecular weight is 193 g/mol. The summed E-state index contributed by atoms with van der Waals surface area (Å²) in [5.41, 5.74) is 0.190. The van der Waals surface area contributed by atoms with Crippen molar-refractivity contribution in [3.05, 3.63) is 34.4 Å². The molecular formula is C8H7ClF2O. The minimum absolute atomic E-state index is 0.190. The first kappa shape index (κ1) is 9.42. The summed E-state index contributed by atoms with van der Waals surface area (Å²) >= 11 is 5.42. The Morgan fingerprint density at radius 2 is 2.00 bits per heavy atom. The van der Waals surface area contributed by atoms with Crippen LogP contribution >= 0.6 is 11.6 Å². The fourth-order valence-electron chi connectivity index (χ4n) is 0.863. The molecule has 66 valence electrons. The van der Waals surface area contributed by atoms with E-state index in [0.29, 0.717) is 0 Å². The molecule has 0 heterocycles. The van der Waals surface area contributed by atoms with Gasteiger partial charge in [-0.15, -0.1) is 0 Å². The van der Waals surface area contributed by atoms with Crippen LogP contribution < -0.4 is 0 Å². The molecule has 0 aromatic heterocycles. The molecule has 0 aliphatic rings. The molecule has 1 unspecified atom stereocenters. The van der Waals surface area contributed by atoms with Gasteiger partial charge in [-0.1, -0.05) is 17.7 Å². The standard InChI is InChI=1S/C8H7ClF2O/c1-4(12)5-2-3-6(10)8(11)7(5)9/h2-4,12H,1H3. The number of halogens is 3. The van der Waals surface area contributed by atoms with Crippen LogP contribution in [0.4, 0.5) is 8.78 Å². The van der Waals surface area contributed by atoms with Gasteiger partial charge in [-0.25, -0.2) is 8.78 Å². The number of rotatable bonds is 1. The Labute approximate surface area is 73.6 Å². The molecule has 0 saturated carbocycles. The van der Waals surface area contributed by atoms with E-state index in [9.17, 15) is 8.78 Å². The van der Waals surface area contributed by atoms with E-state index in [2.05, 4.69) is 0 Å². The lowest BCUT2D eigenvalue weighted by molar-refractivity contribution is 0.198. The summed E-state index contributed by atoms with van der Waals surface area (Å²) in [5, 5.41) is 8.69. The van der Waals surface area contributed by atoms with Gasteiger partial charge in [0, 0.05) is 5.56 Å². The first-order chi connectivity index (χ1) is 5.54. The fourth-order valence-corrected chi connectivity index (χ4v) is 1.17. The second-order valence-corrected chi connectivity index (χ2v) is 2.82. The molecule has 0 aliphatic heterocycles. The van der Waals surface area contributed by atoms with Gasteiger partial charge in [0.15, 0.2) is 11.6 Å². The van der Waals surface area contributed by atoms with Crippen molar-refractivity contribution in [1.29, 1.82) is 0 Å². The highest BCUT2D eigenvalue weighted by Gasteiger charge is 2.13. The van der Waals surface area contributed by atoms with E-state index in [0.717, 1.165) is 6.07 Å². The Morgan fingerprint density at radius 1 is 1.42 bits per heavy atom. The summed E-state index contributed by atoms with van der Waals surface area (Å²) in [6, 6.07) is 2.19. The Hall–Kier alpha value is -0.670. The van der Waals surface area contributed by atoms with Crippen LogP contribution in [-0.4, -0.2) is 5.11 Å². The zero-order valence-electron chi connectivity index (χ0n) is 6.31. The van der Waals surface area contributed by atoms with Gasteiger partial charge in [-0.2, -0.15) is 0 Å². The molecule has 12 heavy (non-hydrogen) atoms. The topological polar surface area (TPSA) is 20.2 Å². The van der Waals surface area contributed by atoms with E-state index in [4.69, 9.17) is 16.7 Å². The third-order valence-corrected chi connectivity index (χ3v) is 1.90. The van der Waals surface area contributed by atoms with E-state index in [1.54, 1.807) is 0 Å². The first-order valence-electron chi connectivity index (χ1n) is 3.35. The molecule has 1 N–H and O–H groups in total. The van der Waals surface area contributed by atoms with Crippen molar-refractivity contribution < 1.29 is 13.9 Å². The maximum atomic E-state index is 12.7. The molecule has 0 bridgehead atoms. The number of benzene rings is 1. The van der Waals surface area contributed by atoms with E-state index in [1.807, 2.05) is 0 Å². The van der Waals surface area contributed by atoms with Crippen molar-refractivity contribution in [2.24, 2.45) is 0 Å². The second-order valence-electron chi connectivity index (χ2n) is 2.44. The van der Waals surface area contributed by atoms with Crippen molar-refractivity contribution in [2.75, 3.05) is 0 Å². The monoisotopic (exact) mass is 192 g/mol. The molecule has 0 saturated heterocycles. The van der Waals surface area contributed by atoms with Gasteiger partial charge in [0.1, 0.15) is 0 Å².